The van der Waals surface area contributed by atoms with Crippen molar-refractivity contribution in [1.29, 1.82) is 0 Å². The van der Waals surface area contributed by atoms with Gasteiger partial charge in [0.05, 0.1) is 16.7 Å². The van der Waals surface area contributed by atoms with Gasteiger partial charge >= 0.3 is 0 Å². The van der Waals surface area contributed by atoms with E-state index in [0.29, 0.717) is 5.95 Å². The van der Waals surface area contributed by atoms with Crippen LogP contribution in [-0.2, 0) is 0 Å². The number of hydrogen-bond donors (Lipinski definition) is 0. The molecule has 15 rings (SSSR count). The molecule has 0 N–H and O–H groups in total. The predicted molar refractivity (Wildman–Crippen MR) is 283 cm³/mol. The second kappa shape index (κ2) is 13.9. The van der Waals surface area contributed by atoms with Gasteiger partial charge in [-0.1, -0.05) is 170 Å². The summed E-state index contributed by atoms with van der Waals surface area (Å²) in [6.07, 6.45) is 0. The van der Waals surface area contributed by atoms with E-state index in [1.54, 1.807) is 0 Å². The summed E-state index contributed by atoms with van der Waals surface area (Å²) in [4.78, 5) is 11.5. The van der Waals surface area contributed by atoms with Gasteiger partial charge in [-0.15, -0.1) is 11.3 Å². The maximum absolute atomic E-state index is 7.29. The van der Waals surface area contributed by atoms with E-state index in [2.05, 4.69) is 217 Å². The minimum atomic E-state index is 0.591. The number of aromatic nitrogens is 3. The molecule has 0 saturated carbocycles. The Labute approximate surface area is 387 Å². The Hall–Kier alpha value is -8.64. The van der Waals surface area contributed by atoms with Gasteiger partial charge in [-0.2, -0.15) is 0 Å². The summed E-state index contributed by atoms with van der Waals surface area (Å²) in [7, 11) is 0. The van der Waals surface area contributed by atoms with Crippen LogP contribution >= 0.6 is 11.3 Å². The molecular weight excluding hydrogens is 835 g/mol. The van der Waals surface area contributed by atoms with Crippen molar-refractivity contribution in [3.8, 4) is 39.5 Å². The van der Waals surface area contributed by atoms with Gasteiger partial charge < -0.3 is 4.42 Å². The predicted octanol–water partition coefficient (Wildman–Crippen LogP) is 17.5. The summed E-state index contributed by atoms with van der Waals surface area (Å²) in [5.41, 5.74) is 11.0. The lowest BCUT2D eigenvalue weighted by molar-refractivity contribution is 0.671. The van der Waals surface area contributed by atoms with Crippen molar-refractivity contribution in [2.24, 2.45) is 0 Å². The van der Waals surface area contributed by atoms with E-state index in [4.69, 9.17) is 14.4 Å². The van der Waals surface area contributed by atoms with Crippen molar-refractivity contribution >= 4 is 118 Å². The van der Waals surface area contributed by atoms with E-state index in [0.717, 1.165) is 115 Å². The highest BCUT2D eigenvalue weighted by molar-refractivity contribution is 7.25. The quantitative estimate of drug-likeness (QED) is 0.166. The molecule has 4 aromatic heterocycles. The van der Waals surface area contributed by atoms with Crippen LogP contribution in [0.2, 0.25) is 0 Å². The Kier molecular flexibility index (Phi) is 7.63. The Bertz CT molecular complexity index is 4580. The third kappa shape index (κ3) is 5.29. The average molecular weight is 870 g/mol. The summed E-state index contributed by atoms with van der Waals surface area (Å²) in [6.45, 7) is 0. The van der Waals surface area contributed by atoms with Gasteiger partial charge in [-0.3, -0.25) is 4.57 Å². The standard InChI is InChI=1S/C62H35N3OS/c1-2-15-36(16-3-1)37-17-14-18-40(33-37)58-57-44-22-6-4-19-41(44)42-20-5-9-25-47(42)59(57)64-62(63-58)65-51-27-12-10-26-48(51)55-45-23-7-8-24-46(45)56-49-31-29-39(35-52(49)66-61(56)60(55)65)38-30-32-54-50(34-38)43-21-11-13-28-53(43)67-54/h1-35H. The monoisotopic (exact) mass is 869 g/mol. The molecule has 0 radical (unpaired) electrons. The molecule has 4 nitrogen and oxygen atoms in total. The Morgan fingerprint density at radius 2 is 0.940 bits per heavy atom. The maximum atomic E-state index is 7.29. The van der Waals surface area contributed by atoms with Gasteiger partial charge in [0.15, 0.2) is 5.58 Å². The minimum absolute atomic E-state index is 0.591. The minimum Gasteiger partial charge on any atom is -0.454 e. The number of hydrogen-bond acceptors (Lipinski definition) is 4. The van der Waals surface area contributed by atoms with Crippen molar-refractivity contribution in [2.75, 3.05) is 0 Å². The molecule has 0 amide bonds. The summed E-state index contributed by atoms with van der Waals surface area (Å²) in [5.74, 6) is 0.591. The van der Waals surface area contributed by atoms with Gasteiger partial charge in [0.25, 0.3) is 0 Å². The molecule has 0 spiro atoms. The first-order chi connectivity index (χ1) is 33.2. The van der Waals surface area contributed by atoms with E-state index in [9.17, 15) is 0 Å². The number of thiophene rings is 1. The first-order valence-electron chi connectivity index (χ1n) is 22.7. The number of para-hydroxylation sites is 1. The number of furan rings is 1. The van der Waals surface area contributed by atoms with Crippen LogP contribution in [0.3, 0.4) is 0 Å². The molecular formula is C62H35N3OS. The van der Waals surface area contributed by atoms with Gasteiger partial charge in [-0.25, -0.2) is 9.97 Å². The largest absolute Gasteiger partial charge is 0.454 e. The molecule has 0 aliphatic carbocycles. The molecule has 0 saturated heterocycles. The fraction of sp³-hybridized carbons (Fsp3) is 0. The van der Waals surface area contributed by atoms with Crippen LogP contribution in [0.25, 0.3) is 147 Å². The van der Waals surface area contributed by atoms with Gasteiger partial charge in [0, 0.05) is 58.1 Å². The highest BCUT2D eigenvalue weighted by Gasteiger charge is 2.26. The number of nitrogens with zero attached hydrogens (tertiary/aromatic N) is 3. The molecule has 0 fully saturated rings. The molecule has 0 aliphatic heterocycles. The molecule has 15 aromatic rings. The number of benzene rings is 11. The third-order valence-corrected chi connectivity index (χ3v) is 15.1. The van der Waals surface area contributed by atoms with Crippen LogP contribution in [0.15, 0.2) is 217 Å². The zero-order valence-corrected chi connectivity index (χ0v) is 36.7. The second-order valence-corrected chi connectivity index (χ2v) is 18.7. The topological polar surface area (TPSA) is 43.9 Å². The molecule has 67 heavy (non-hydrogen) atoms. The third-order valence-electron chi connectivity index (χ3n) is 14.0. The summed E-state index contributed by atoms with van der Waals surface area (Å²) >= 11 is 1.84. The van der Waals surface area contributed by atoms with Crippen molar-refractivity contribution < 1.29 is 4.42 Å². The first-order valence-corrected chi connectivity index (χ1v) is 23.5. The van der Waals surface area contributed by atoms with Crippen LogP contribution in [0.5, 0.6) is 0 Å². The molecule has 4 heterocycles. The number of rotatable bonds is 4. The lowest BCUT2D eigenvalue weighted by atomic mass is 9.93. The zero-order chi connectivity index (χ0) is 43.7. The van der Waals surface area contributed by atoms with Crippen LogP contribution in [0, 0.1) is 0 Å². The molecule has 310 valence electrons. The van der Waals surface area contributed by atoms with Crippen molar-refractivity contribution in [3.05, 3.63) is 212 Å². The molecule has 11 aromatic carbocycles. The lowest BCUT2D eigenvalue weighted by Crippen LogP contribution is -2.04. The normalized spacial score (nSPS) is 12.2. The zero-order valence-electron chi connectivity index (χ0n) is 35.9. The van der Waals surface area contributed by atoms with Crippen LogP contribution in [-0.4, -0.2) is 14.5 Å². The second-order valence-electron chi connectivity index (χ2n) is 17.6. The Balaban J connectivity index is 1.06. The van der Waals surface area contributed by atoms with Crippen molar-refractivity contribution in [3.63, 3.8) is 0 Å². The summed E-state index contributed by atoms with van der Waals surface area (Å²) in [5, 5.41) is 14.9. The van der Waals surface area contributed by atoms with E-state index >= 15 is 0 Å². The van der Waals surface area contributed by atoms with Crippen molar-refractivity contribution in [1.82, 2.24) is 14.5 Å². The maximum Gasteiger partial charge on any atom is 0.235 e. The highest BCUT2D eigenvalue weighted by Crippen LogP contribution is 2.48. The highest BCUT2D eigenvalue weighted by atomic mass is 32.1. The first kappa shape index (κ1) is 36.7. The van der Waals surface area contributed by atoms with Gasteiger partial charge in [0.1, 0.15) is 11.1 Å². The Morgan fingerprint density at radius 1 is 0.358 bits per heavy atom. The molecule has 5 heteroatoms. The SMILES string of the molecule is c1ccc(-c2cccc(-c3nc(-n4c5ccccc5c5c6ccccc6c6c7ccc(-c8ccc9sc%10ccccc%10c9c8)cc7oc6c54)nc4c5ccccc5c5ccccc5c34)c2)cc1. The molecule has 0 bridgehead atoms. The molecule has 0 aliphatic rings. The average Bonchev–Trinajstić information content (AvgIpc) is 4.08. The van der Waals surface area contributed by atoms with E-state index < -0.39 is 0 Å². The van der Waals surface area contributed by atoms with Gasteiger partial charge in [0.2, 0.25) is 5.95 Å². The van der Waals surface area contributed by atoms with E-state index in [1.165, 1.54) is 25.6 Å². The van der Waals surface area contributed by atoms with Crippen LogP contribution < -0.4 is 0 Å². The molecule has 0 unspecified atom stereocenters. The number of fused-ring (bicyclic) bond motifs is 19. The fourth-order valence-corrected chi connectivity index (χ4v) is 12.1. The van der Waals surface area contributed by atoms with E-state index in [1.807, 2.05) is 11.3 Å². The Morgan fingerprint density at radius 3 is 1.76 bits per heavy atom. The summed E-state index contributed by atoms with van der Waals surface area (Å²) < 4.78 is 12.2. The summed E-state index contributed by atoms with van der Waals surface area (Å²) in [6, 6.07) is 76.4. The smallest absolute Gasteiger partial charge is 0.235 e. The van der Waals surface area contributed by atoms with Crippen molar-refractivity contribution in [2.45, 2.75) is 0 Å². The molecule has 0 atom stereocenters. The van der Waals surface area contributed by atoms with Gasteiger partial charge in [-0.05, 0) is 91.6 Å². The van der Waals surface area contributed by atoms with Crippen LogP contribution in [0.1, 0.15) is 0 Å². The van der Waals surface area contributed by atoms with Crippen LogP contribution in [0.4, 0.5) is 0 Å². The lowest BCUT2D eigenvalue weighted by Gasteiger charge is -2.16. The van der Waals surface area contributed by atoms with E-state index in [-0.39, 0.29) is 0 Å². The fourth-order valence-electron chi connectivity index (χ4n) is 11.0.